The first-order valence-electron chi connectivity index (χ1n) is 8.09. The Morgan fingerprint density at radius 1 is 1.30 bits per heavy atom. The number of sulfonamides is 1. The summed E-state index contributed by atoms with van der Waals surface area (Å²) >= 11 is 0. The fourth-order valence-electron chi connectivity index (χ4n) is 3.37. The van der Waals surface area contributed by atoms with Gasteiger partial charge in [0.2, 0.25) is 10.0 Å². The molecule has 1 aliphatic rings. The van der Waals surface area contributed by atoms with Gasteiger partial charge in [0, 0.05) is 17.6 Å². The first kappa shape index (κ1) is 16.4. The summed E-state index contributed by atoms with van der Waals surface area (Å²) < 4.78 is 28.6. The highest BCUT2D eigenvalue weighted by Gasteiger charge is 2.29. The van der Waals surface area contributed by atoms with Crippen molar-refractivity contribution in [1.82, 2.24) is 9.71 Å². The zero-order valence-corrected chi connectivity index (χ0v) is 14.1. The fourth-order valence-corrected chi connectivity index (χ4v) is 4.89. The maximum Gasteiger partial charge on any atom is 0.242 e. The summed E-state index contributed by atoms with van der Waals surface area (Å²) in [4.78, 5) is 4.58. The van der Waals surface area contributed by atoms with Gasteiger partial charge in [-0.05, 0) is 49.9 Å². The average molecular weight is 333 g/mol. The minimum absolute atomic E-state index is 0.0838. The Bertz CT molecular complexity index is 805. The molecule has 1 heterocycles. The second kappa shape index (κ2) is 6.55. The Kier molecular flexibility index (Phi) is 4.66. The molecule has 23 heavy (non-hydrogen) atoms. The number of fused-ring (bicyclic) bond motifs is 1. The lowest BCUT2D eigenvalue weighted by Gasteiger charge is -2.31. The summed E-state index contributed by atoms with van der Waals surface area (Å²) in [6.07, 6.45) is 5.69. The third-order valence-electron chi connectivity index (χ3n) is 4.62. The molecule has 2 aromatic rings. The molecule has 1 saturated carbocycles. The van der Waals surface area contributed by atoms with E-state index in [4.69, 9.17) is 5.73 Å². The minimum atomic E-state index is -3.61. The van der Waals surface area contributed by atoms with Gasteiger partial charge in [0.05, 0.1) is 5.52 Å². The van der Waals surface area contributed by atoms with Crippen molar-refractivity contribution in [3.63, 3.8) is 0 Å². The molecule has 5 nitrogen and oxygen atoms in total. The molecule has 6 heteroatoms. The lowest BCUT2D eigenvalue weighted by molar-refractivity contribution is 0.296. The summed E-state index contributed by atoms with van der Waals surface area (Å²) in [6, 6.07) is 7.13. The van der Waals surface area contributed by atoms with E-state index in [0.29, 0.717) is 12.1 Å². The number of nitrogens with zero attached hydrogens (tertiary/aromatic N) is 1. The highest BCUT2D eigenvalue weighted by Crippen LogP contribution is 2.27. The summed E-state index contributed by atoms with van der Waals surface area (Å²) in [7, 11) is -3.61. The van der Waals surface area contributed by atoms with Crippen molar-refractivity contribution in [2.45, 2.75) is 43.5 Å². The van der Waals surface area contributed by atoms with E-state index < -0.39 is 10.0 Å². The normalized spacial score (nSPS) is 22.3. The predicted octanol–water partition coefficient (Wildman–Crippen LogP) is 2.34. The second-order valence-electron chi connectivity index (χ2n) is 6.35. The summed E-state index contributed by atoms with van der Waals surface area (Å²) in [5.74, 6) is 0.212. The summed E-state index contributed by atoms with van der Waals surface area (Å²) in [6.45, 7) is 2.46. The van der Waals surface area contributed by atoms with Crippen molar-refractivity contribution in [3.05, 3.63) is 36.0 Å². The van der Waals surface area contributed by atoms with Crippen LogP contribution in [0.2, 0.25) is 0 Å². The number of pyridine rings is 1. The summed E-state index contributed by atoms with van der Waals surface area (Å²) in [5.41, 5.74) is 7.34. The molecule has 0 radical (unpaired) electrons. The van der Waals surface area contributed by atoms with Crippen LogP contribution < -0.4 is 10.5 Å². The van der Waals surface area contributed by atoms with Gasteiger partial charge in [-0.1, -0.05) is 25.0 Å². The molecular weight excluding hydrogens is 310 g/mol. The number of nitrogens with two attached hydrogens (primary N) is 1. The molecular formula is C17H23N3O2S. The Hall–Kier alpha value is -1.50. The molecule has 3 rings (SSSR count). The quantitative estimate of drug-likeness (QED) is 0.899. The number of nitrogens with one attached hydrogen (secondary N) is 1. The third kappa shape index (κ3) is 3.39. The predicted molar refractivity (Wildman–Crippen MR) is 91.6 cm³/mol. The second-order valence-corrected chi connectivity index (χ2v) is 8.03. The maximum absolute atomic E-state index is 12.9. The van der Waals surface area contributed by atoms with Crippen molar-refractivity contribution in [2.75, 3.05) is 6.54 Å². The minimum Gasteiger partial charge on any atom is -0.330 e. The smallest absolute Gasteiger partial charge is 0.242 e. The number of aryl methyl sites for hydroxylation is 1. The number of aromatic nitrogens is 1. The molecule has 2 atom stereocenters. The van der Waals surface area contributed by atoms with E-state index >= 15 is 0 Å². The van der Waals surface area contributed by atoms with Crippen molar-refractivity contribution in [3.8, 4) is 0 Å². The Balaban J connectivity index is 1.96. The van der Waals surface area contributed by atoms with Crippen LogP contribution in [0.3, 0.4) is 0 Å². The van der Waals surface area contributed by atoms with E-state index in [9.17, 15) is 8.42 Å². The molecule has 0 spiro atoms. The summed E-state index contributed by atoms with van der Waals surface area (Å²) in [5, 5.41) is 0.840. The highest BCUT2D eigenvalue weighted by molar-refractivity contribution is 7.89. The van der Waals surface area contributed by atoms with Crippen LogP contribution in [0.5, 0.6) is 0 Å². The molecule has 2 unspecified atom stereocenters. The van der Waals surface area contributed by atoms with Gasteiger partial charge >= 0.3 is 0 Å². The third-order valence-corrected chi connectivity index (χ3v) is 6.14. The van der Waals surface area contributed by atoms with Gasteiger partial charge in [0.25, 0.3) is 0 Å². The van der Waals surface area contributed by atoms with Crippen LogP contribution >= 0.6 is 0 Å². The first-order chi connectivity index (χ1) is 11.0. The van der Waals surface area contributed by atoms with E-state index in [1.54, 1.807) is 18.3 Å². The van der Waals surface area contributed by atoms with Gasteiger partial charge in [0.15, 0.2) is 0 Å². The number of hydrogen-bond donors (Lipinski definition) is 2. The van der Waals surface area contributed by atoms with Gasteiger partial charge in [-0.15, -0.1) is 0 Å². The molecule has 3 N–H and O–H groups in total. The fraction of sp³-hybridized carbons (Fsp3) is 0.471. The van der Waals surface area contributed by atoms with E-state index in [-0.39, 0.29) is 16.9 Å². The molecule has 1 aromatic carbocycles. The Morgan fingerprint density at radius 2 is 2.09 bits per heavy atom. The zero-order chi connectivity index (χ0) is 16.4. The molecule has 0 aliphatic heterocycles. The number of rotatable bonds is 4. The van der Waals surface area contributed by atoms with Gasteiger partial charge in [-0.2, -0.15) is 0 Å². The standard InChI is InChI=1S/C17H23N3O2S/c1-12-9-13-6-4-8-16(17(13)19-11-12)23(21,22)20-15-7-3-2-5-14(15)10-18/h4,6,8-9,11,14-15,20H,2-3,5,7,10,18H2,1H3. The number of para-hydroxylation sites is 1. The van der Waals surface area contributed by atoms with E-state index in [1.165, 1.54) is 0 Å². The van der Waals surface area contributed by atoms with Gasteiger partial charge < -0.3 is 5.73 Å². The topological polar surface area (TPSA) is 85.1 Å². The lowest BCUT2D eigenvalue weighted by Crippen LogP contribution is -2.44. The Morgan fingerprint density at radius 3 is 2.87 bits per heavy atom. The lowest BCUT2D eigenvalue weighted by atomic mass is 9.85. The SMILES string of the molecule is Cc1cnc2c(S(=O)(=O)NC3CCCCC3CN)cccc2c1. The van der Waals surface area contributed by atoms with E-state index in [0.717, 1.165) is 36.6 Å². The van der Waals surface area contributed by atoms with Crippen LogP contribution in [0.15, 0.2) is 35.4 Å². The Labute approximate surface area is 137 Å². The maximum atomic E-state index is 12.9. The number of benzene rings is 1. The molecule has 1 aromatic heterocycles. The highest BCUT2D eigenvalue weighted by atomic mass is 32.2. The van der Waals surface area contributed by atoms with Crippen LogP contribution in [-0.2, 0) is 10.0 Å². The number of hydrogen-bond acceptors (Lipinski definition) is 4. The van der Waals surface area contributed by atoms with Gasteiger partial charge in [0.1, 0.15) is 4.90 Å². The van der Waals surface area contributed by atoms with Crippen LogP contribution in [0, 0.1) is 12.8 Å². The molecule has 124 valence electrons. The van der Waals surface area contributed by atoms with Crippen molar-refractivity contribution in [1.29, 1.82) is 0 Å². The van der Waals surface area contributed by atoms with Crippen molar-refractivity contribution < 1.29 is 8.42 Å². The average Bonchev–Trinajstić information content (AvgIpc) is 2.54. The molecule has 0 bridgehead atoms. The molecule has 0 saturated heterocycles. The zero-order valence-electron chi connectivity index (χ0n) is 13.3. The van der Waals surface area contributed by atoms with Crippen LogP contribution in [-0.4, -0.2) is 26.0 Å². The first-order valence-corrected chi connectivity index (χ1v) is 9.57. The van der Waals surface area contributed by atoms with Crippen LogP contribution in [0.4, 0.5) is 0 Å². The van der Waals surface area contributed by atoms with Gasteiger partial charge in [-0.25, -0.2) is 13.1 Å². The van der Waals surface area contributed by atoms with Crippen LogP contribution in [0.25, 0.3) is 10.9 Å². The van der Waals surface area contributed by atoms with Crippen LogP contribution in [0.1, 0.15) is 31.2 Å². The van der Waals surface area contributed by atoms with E-state index in [1.807, 2.05) is 19.1 Å². The van der Waals surface area contributed by atoms with Crippen molar-refractivity contribution >= 4 is 20.9 Å². The largest absolute Gasteiger partial charge is 0.330 e. The molecule has 1 aliphatic carbocycles. The van der Waals surface area contributed by atoms with Crippen molar-refractivity contribution in [2.24, 2.45) is 11.7 Å². The molecule has 0 amide bonds. The monoisotopic (exact) mass is 333 g/mol. The molecule has 1 fully saturated rings. The van der Waals surface area contributed by atoms with E-state index in [2.05, 4.69) is 9.71 Å². The van der Waals surface area contributed by atoms with Gasteiger partial charge in [-0.3, -0.25) is 4.98 Å².